The van der Waals surface area contributed by atoms with Crippen LogP contribution in [0.15, 0.2) is 54.7 Å². The Morgan fingerprint density at radius 3 is 2.44 bits per heavy atom. The van der Waals surface area contributed by atoms with E-state index in [1.54, 1.807) is 24.1 Å². The number of nitrogens with zero attached hydrogens (tertiary/aromatic N) is 4. The molecule has 0 aliphatic carbocycles. The van der Waals surface area contributed by atoms with Crippen molar-refractivity contribution in [3.8, 4) is 11.4 Å². The molecule has 0 bridgehead atoms. The van der Waals surface area contributed by atoms with E-state index in [-0.39, 0.29) is 17.6 Å². The molecule has 5 rings (SSSR count). The summed E-state index contributed by atoms with van der Waals surface area (Å²) in [6.07, 6.45) is 3.51. The maximum Gasteiger partial charge on any atom is 0.257 e. The molecule has 0 spiro atoms. The van der Waals surface area contributed by atoms with Gasteiger partial charge in [-0.2, -0.15) is 5.10 Å². The van der Waals surface area contributed by atoms with Gasteiger partial charge in [-0.1, -0.05) is 6.07 Å². The molecule has 3 heterocycles. The largest absolute Gasteiger partial charge is 0.497 e. The number of hydrogen-bond donors (Lipinski definition) is 1. The molecule has 7 nitrogen and oxygen atoms in total. The number of methoxy groups -OCH3 is 1. The predicted molar refractivity (Wildman–Crippen MR) is 129 cm³/mol. The summed E-state index contributed by atoms with van der Waals surface area (Å²) in [7, 11) is 1.66. The van der Waals surface area contributed by atoms with Gasteiger partial charge in [0.05, 0.1) is 30.3 Å². The third-order valence-corrected chi connectivity index (χ3v) is 6.82. The molecule has 1 N–H and O–H groups in total. The topological polar surface area (TPSA) is 62.6 Å². The van der Waals surface area contributed by atoms with Crippen LogP contribution in [-0.4, -0.2) is 67.0 Å². The first-order valence-electron chi connectivity index (χ1n) is 11.9. The van der Waals surface area contributed by atoms with Crippen LogP contribution < -0.4 is 15.0 Å². The molecule has 0 radical (unpaired) electrons. The second-order valence-electron chi connectivity index (χ2n) is 8.84. The minimum atomic E-state index is -0.313. The molecule has 0 saturated carbocycles. The number of halogens is 1. The molecule has 2 aromatic carbocycles. The Bertz CT molecular complexity index is 1130. The molecule has 178 valence electrons. The van der Waals surface area contributed by atoms with Crippen LogP contribution in [0.4, 0.5) is 10.1 Å². The zero-order chi connectivity index (χ0) is 23.5. The van der Waals surface area contributed by atoms with E-state index in [0.717, 1.165) is 56.2 Å². The number of benzene rings is 2. The number of carbonyl (C=O) groups excluding carboxylic acids is 1. The third kappa shape index (κ3) is 4.50. The van der Waals surface area contributed by atoms with Crippen LogP contribution >= 0.6 is 0 Å². The Balaban J connectivity index is 1.37. The quantitative estimate of drug-likeness (QED) is 0.628. The number of carbonyl (C=O) groups is 1. The number of hydrogen-bond acceptors (Lipinski definition) is 5. The predicted octanol–water partition coefficient (Wildman–Crippen LogP) is 3.45. The van der Waals surface area contributed by atoms with Crippen LogP contribution in [0, 0.1) is 5.82 Å². The Morgan fingerprint density at radius 1 is 1.03 bits per heavy atom. The molecule has 0 atom stereocenters. The number of piperidine rings is 1. The number of aromatic nitrogens is 2. The fourth-order valence-electron chi connectivity index (χ4n) is 4.96. The average Bonchev–Trinajstić information content (AvgIpc) is 3.34. The van der Waals surface area contributed by atoms with E-state index in [1.807, 2.05) is 23.1 Å². The van der Waals surface area contributed by atoms with E-state index < -0.39 is 0 Å². The van der Waals surface area contributed by atoms with E-state index >= 15 is 0 Å². The van der Waals surface area contributed by atoms with Gasteiger partial charge >= 0.3 is 0 Å². The molecular formula is C26H30FN5O2. The summed E-state index contributed by atoms with van der Waals surface area (Å²) in [5, 5.41) is 7.94. The van der Waals surface area contributed by atoms with Crippen molar-refractivity contribution in [1.29, 1.82) is 0 Å². The number of amides is 1. The van der Waals surface area contributed by atoms with Crippen LogP contribution in [0.25, 0.3) is 5.69 Å². The molecule has 0 unspecified atom stereocenters. The summed E-state index contributed by atoms with van der Waals surface area (Å²) < 4.78 is 21.0. The maximum absolute atomic E-state index is 14.0. The van der Waals surface area contributed by atoms with Crippen LogP contribution in [0.2, 0.25) is 0 Å². The fraction of sp³-hybridized carbons (Fsp3) is 0.385. The highest BCUT2D eigenvalue weighted by molar-refractivity contribution is 5.95. The Morgan fingerprint density at radius 2 is 1.76 bits per heavy atom. The molecule has 1 aromatic heterocycles. The molecule has 2 aliphatic rings. The number of ether oxygens (including phenoxy) is 1. The molecule has 1 amide bonds. The van der Waals surface area contributed by atoms with Crippen LogP contribution in [-0.2, 0) is 0 Å². The molecule has 8 heteroatoms. The van der Waals surface area contributed by atoms with Crippen molar-refractivity contribution in [2.75, 3.05) is 51.3 Å². The second kappa shape index (κ2) is 9.85. The average molecular weight is 464 g/mol. The van der Waals surface area contributed by atoms with Crippen molar-refractivity contribution in [3.63, 3.8) is 0 Å². The first kappa shape index (κ1) is 22.4. The van der Waals surface area contributed by atoms with Gasteiger partial charge in [-0.15, -0.1) is 0 Å². The molecule has 2 aliphatic heterocycles. The van der Waals surface area contributed by atoms with Gasteiger partial charge < -0.3 is 19.9 Å². The summed E-state index contributed by atoms with van der Waals surface area (Å²) in [6, 6.07) is 14.4. The number of piperazine rings is 1. The van der Waals surface area contributed by atoms with Gasteiger partial charge in [0.1, 0.15) is 11.6 Å². The fourth-order valence-corrected chi connectivity index (χ4v) is 4.96. The SMILES string of the molecule is COc1ccc(N2CCN(C(=O)c3cnn(-c4cccc(F)c4)c3C3CCNCC3)CC2)cc1. The van der Waals surface area contributed by atoms with Gasteiger partial charge in [0.15, 0.2) is 0 Å². The van der Waals surface area contributed by atoms with Crippen molar-refractivity contribution >= 4 is 11.6 Å². The van der Waals surface area contributed by atoms with Crippen molar-refractivity contribution < 1.29 is 13.9 Å². The van der Waals surface area contributed by atoms with Crippen molar-refractivity contribution in [1.82, 2.24) is 20.0 Å². The lowest BCUT2D eigenvalue weighted by atomic mass is 9.91. The summed E-state index contributed by atoms with van der Waals surface area (Å²) in [4.78, 5) is 17.8. The highest BCUT2D eigenvalue weighted by atomic mass is 19.1. The summed E-state index contributed by atoms with van der Waals surface area (Å²) in [5.74, 6) is 0.724. The van der Waals surface area contributed by atoms with Crippen LogP contribution in [0.3, 0.4) is 0 Å². The van der Waals surface area contributed by atoms with E-state index in [9.17, 15) is 9.18 Å². The molecule has 3 aromatic rings. The second-order valence-corrected chi connectivity index (χ2v) is 8.84. The van der Waals surface area contributed by atoms with E-state index in [2.05, 4.69) is 27.4 Å². The highest BCUT2D eigenvalue weighted by Crippen LogP contribution is 2.31. The van der Waals surface area contributed by atoms with E-state index in [4.69, 9.17) is 4.74 Å². The van der Waals surface area contributed by atoms with Crippen molar-refractivity contribution in [3.05, 3.63) is 71.8 Å². The zero-order valence-corrected chi connectivity index (χ0v) is 19.4. The minimum Gasteiger partial charge on any atom is -0.497 e. The van der Waals surface area contributed by atoms with Gasteiger partial charge in [0, 0.05) is 37.8 Å². The maximum atomic E-state index is 14.0. The van der Waals surface area contributed by atoms with Crippen molar-refractivity contribution in [2.24, 2.45) is 0 Å². The highest BCUT2D eigenvalue weighted by Gasteiger charge is 2.30. The van der Waals surface area contributed by atoms with Gasteiger partial charge in [-0.25, -0.2) is 9.07 Å². The standard InChI is InChI=1S/C26H30FN5O2/c1-34-23-7-5-21(6-8-23)30-13-15-31(16-14-30)26(33)24-18-29-32(22-4-2-3-20(27)17-22)25(24)19-9-11-28-12-10-19/h2-8,17-19,28H,9-16H2,1H3. The normalized spacial score (nSPS) is 17.1. The Labute approximate surface area is 199 Å². The number of anilines is 1. The lowest BCUT2D eigenvalue weighted by Gasteiger charge is -2.36. The van der Waals surface area contributed by atoms with Gasteiger partial charge in [0.2, 0.25) is 0 Å². The van der Waals surface area contributed by atoms with Crippen molar-refractivity contribution in [2.45, 2.75) is 18.8 Å². The zero-order valence-electron chi connectivity index (χ0n) is 19.4. The van der Waals surface area contributed by atoms with Gasteiger partial charge in [-0.3, -0.25) is 4.79 Å². The molecule has 2 saturated heterocycles. The Hall–Kier alpha value is -3.39. The third-order valence-electron chi connectivity index (χ3n) is 6.82. The smallest absolute Gasteiger partial charge is 0.257 e. The van der Waals surface area contributed by atoms with Crippen LogP contribution in [0.5, 0.6) is 5.75 Å². The lowest BCUT2D eigenvalue weighted by Crippen LogP contribution is -2.49. The van der Waals surface area contributed by atoms with E-state index in [0.29, 0.717) is 24.3 Å². The minimum absolute atomic E-state index is 0.00515. The molecule has 2 fully saturated rings. The van der Waals surface area contributed by atoms with Gasteiger partial charge in [-0.05, 0) is 68.4 Å². The van der Waals surface area contributed by atoms with E-state index in [1.165, 1.54) is 12.1 Å². The lowest BCUT2D eigenvalue weighted by molar-refractivity contribution is 0.0744. The molecular weight excluding hydrogens is 433 g/mol. The summed E-state index contributed by atoms with van der Waals surface area (Å²) in [6.45, 7) is 4.60. The first-order chi connectivity index (χ1) is 16.6. The monoisotopic (exact) mass is 463 g/mol. The summed E-state index contributed by atoms with van der Waals surface area (Å²) >= 11 is 0. The summed E-state index contributed by atoms with van der Waals surface area (Å²) in [5.41, 5.74) is 3.31. The Kier molecular flexibility index (Phi) is 6.49. The van der Waals surface area contributed by atoms with Gasteiger partial charge in [0.25, 0.3) is 5.91 Å². The molecule has 34 heavy (non-hydrogen) atoms. The number of rotatable bonds is 5. The first-order valence-corrected chi connectivity index (χ1v) is 11.9. The number of nitrogens with one attached hydrogen (secondary N) is 1. The van der Waals surface area contributed by atoms with Crippen LogP contribution in [0.1, 0.15) is 34.8 Å².